The van der Waals surface area contributed by atoms with Crippen LogP contribution in [-0.2, 0) is 16.1 Å². The Labute approximate surface area is 176 Å². The average molecular weight is 419 g/mol. The molecule has 0 aliphatic carbocycles. The molecule has 2 aromatic carbocycles. The maximum Gasteiger partial charge on any atom is 0.261 e. The molecule has 0 radical (unpaired) electrons. The third kappa shape index (κ3) is 6.68. The van der Waals surface area contributed by atoms with Gasteiger partial charge in [0.05, 0.1) is 7.11 Å². The van der Waals surface area contributed by atoms with Crippen LogP contribution in [0.3, 0.4) is 0 Å². The molecule has 7 heteroatoms. The highest BCUT2D eigenvalue weighted by Gasteiger charge is 2.27. The molecule has 0 saturated heterocycles. The number of hydrogen-bond donors (Lipinski definition) is 1. The highest BCUT2D eigenvalue weighted by Crippen LogP contribution is 2.26. The molecule has 2 aromatic rings. The number of carbonyl (C=O) groups is 2. The van der Waals surface area contributed by atoms with Crippen molar-refractivity contribution in [2.45, 2.75) is 39.4 Å². The van der Waals surface area contributed by atoms with Crippen LogP contribution < -0.4 is 14.8 Å². The minimum absolute atomic E-state index is 0.0297. The van der Waals surface area contributed by atoms with Crippen LogP contribution in [0.5, 0.6) is 11.5 Å². The second-order valence-electron chi connectivity index (χ2n) is 6.93. The summed E-state index contributed by atoms with van der Waals surface area (Å²) in [6.45, 7) is 5.46. The van der Waals surface area contributed by atoms with E-state index >= 15 is 0 Å². The van der Waals surface area contributed by atoms with Crippen molar-refractivity contribution >= 4 is 23.4 Å². The Morgan fingerprint density at radius 3 is 2.38 bits per heavy atom. The van der Waals surface area contributed by atoms with Gasteiger partial charge in [0.1, 0.15) is 6.04 Å². The first-order valence-corrected chi connectivity index (χ1v) is 9.79. The molecule has 6 nitrogen and oxygen atoms in total. The van der Waals surface area contributed by atoms with E-state index in [0.717, 1.165) is 5.56 Å². The summed E-state index contributed by atoms with van der Waals surface area (Å²) < 4.78 is 10.9. The fourth-order valence-corrected chi connectivity index (χ4v) is 2.99. The molecule has 0 aromatic heterocycles. The number of amides is 2. The Balaban J connectivity index is 2.18. The van der Waals surface area contributed by atoms with Gasteiger partial charge in [-0.3, -0.25) is 9.59 Å². The highest BCUT2D eigenvalue weighted by atomic mass is 35.5. The Morgan fingerprint density at radius 1 is 1.07 bits per heavy atom. The molecule has 1 unspecified atom stereocenters. The van der Waals surface area contributed by atoms with E-state index in [0.29, 0.717) is 16.5 Å². The summed E-state index contributed by atoms with van der Waals surface area (Å²) in [5.41, 5.74) is 0.826. The van der Waals surface area contributed by atoms with Crippen molar-refractivity contribution in [3.63, 3.8) is 0 Å². The fraction of sp³-hybridized carbons (Fsp3) is 0.364. The van der Waals surface area contributed by atoms with E-state index in [1.807, 2.05) is 32.0 Å². The molecule has 0 aliphatic rings. The first kappa shape index (κ1) is 22.6. The van der Waals surface area contributed by atoms with Crippen molar-refractivity contribution in [2.24, 2.45) is 0 Å². The fourth-order valence-electron chi connectivity index (χ4n) is 2.78. The van der Waals surface area contributed by atoms with Crippen LogP contribution in [-0.4, -0.2) is 42.5 Å². The number of nitrogens with zero attached hydrogens (tertiary/aromatic N) is 1. The van der Waals surface area contributed by atoms with Gasteiger partial charge in [-0.2, -0.15) is 0 Å². The summed E-state index contributed by atoms with van der Waals surface area (Å²) in [5.74, 6) is 0.451. The Bertz CT molecular complexity index is 841. The van der Waals surface area contributed by atoms with Crippen LogP contribution in [0.2, 0.25) is 5.02 Å². The zero-order chi connectivity index (χ0) is 21.4. The molecule has 0 aliphatic heterocycles. The van der Waals surface area contributed by atoms with Gasteiger partial charge in [-0.1, -0.05) is 35.9 Å². The van der Waals surface area contributed by atoms with Gasteiger partial charge in [-0.05, 0) is 50.6 Å². The third-order valence-corrected chi connectivity index (χ3v) is 4.50. The molecule has 0 saturated carbocycles. The van der Waals surface area contributed by atoms with Crippen LogP contribution in [0.15, 0.2) is 48.5 Å². The maximum atomic E-state index is 13.0. The van der Waals surface area contributed by atoms with Gasteiger partial charge in [0.2, 0.25) is 5.91 Å². The minimum Gasteiger partial charge on any atom is -0.493 e. The van der Waals surface area contributed by atoms with E-state index in [1.165, 1.54) is 12.0 Å². The lowest BCUT2D eigenvalue weighted by atomic mass is 10.1. The van der Waals surface area contributed by atoms with Gasteiger partial charge in [0.15, 0.2) is 18.1 Å². The SMILES string of the molecule is COc1ccccc1OCC(=O)N(Cc1cccc(Cl)c1)C(C)C(=O)NC(C)C. The number of benzene rings is 2. The van der Waals surface area contributed by atoms with E-state index in [1.54, 1.807) is 37.3 Å². The van der Waals surface area contributed by atoms with E-state index in [9.17, 15) is 9.59 Å². The first-order chi connectivity index (χ1) is 13.8. The number of methoxy groups -OCH3 is 1. The molecule has 2 rings (SSSR count). The van der Waals surface area contributed by atoms with Gasteiger partial charge < -0.3 is 19.7 Å². The van der Waals surface area contributed by atoms with Crippen molar-refractivity contribution < 1.29 is 19.1 Å². The summed E-state index contributed by atoms with van der Waals surface area (Å²) in [6.07, 6.45) is 0. The topological polar surface area (TPSA) is 67.9 Å². The van der Waals surface area contributed by atoms with Crippen LogP contribution >= 0.6 is 11.6 Å². The second-order valence-corrected chi connectivity index (χ2v) is 7.37. The van der Waals surface area contributed by atoms with E-state index in [-0.39, 0.29) is 31.0 Å². The van der Waals surface area contributed by atoms with Crippen molar-refractivity contribution in [1.82, 2.24) is 10.2 Å². The van der Waals surface area contributed by atoms with Gasteiger partial charge in [0, 0.05) is 17.6 Å². The number of halogens is 1. The molecule has 1 atom stereocenters. The van der Waals surface area contributed by atoms with Crippen molar-refractivity contribution in [3.8, 4) is 11.5 Å². The van der Waals surface area contributed by atoms with E-state index in [4.69, 9.17) is 21.1 Å². The Kier molecular flexibility index (Phi) is 8.34. The van der Waals surface area contributed by atoms with Gasteiger partial charge in [-0.25, -0.2) is 0 Å². The highest BCUT2D eigenvalue weighted by molar-refractivity contribution is 6.30. The number of rotatable bonds is 9. The minimum atomic E-state index is -0.676. The molecule has 0 spiro atoms. The second kappa shape index (κ2) is 10.7. The van der Waals surface area contributed by atoms with Gasteiger partial charge in [-0.15, -0.1) is 0 Å². The largest absolute Gasteiger partial charge is 0.493 e. The summed E-state index contributed by atoms with van der Waals surface area (Å²) >= 11 is 6.07. The van der Waals surface area contributed by atoms with Crippen molar-refractivity contribution in [1.29, 1.82) is 0 Å². The van der Waals surface area contributed by atoms with Crippen molar-refractivity contribution in [2.75, 3.05) is 13.7 Å². The molecule has 1 N–H and O–H groups in total. The van der Waals surface area contributed by atoms with Gasteiger partial charge >= 0.3 is 0 Å². The molecular weight excluding hydrogens is 392 g/mol. The zero-order valence-electron chi connectivity index (χ0n) is 17.1. The third-order valence-electron chi connectivity index (χ3n) is 4.26. The van der Waals surface area contributed by atoms with E-state index < -0.39 is 6.04 Å². The number of nitrogens with one attached hydrogen (secondary N) is 1. The van der Waals surface area contributed by atoms with E-state index in [2.05, 4.69) is 5.32 Å². The maximum absolute atomic E-state index is 13.0. The summed E-state index contributed by atoms with van der Waals surface area (Å²) in [6, 6.07) is 13.6. The van der Waals surface area contributed by atoms with Crippen LogP contribution in [0, 0.1) is 0 Å². The lowest BCUT2D eigenvalue weighted by molar-refractivity contribution is -0.142. The lowest BCUT2D eigenvalue weighted by Gasteiger charge is -2.29. The predicted molar refractivity (Wildman–Crippen MR) is 113 cm³/mol. The monoisotopic (exact) mass is 418 g/mol. The predicted octanol–water partition coefficient (Wildman–Crippen LogP) is 3.67. The van der Waals surface area contributed by atoms with Crippen molar-refractivity contribution in [3.05, 3.63) is 59.1 Å². The molecule has 0 bridgehead atoms. The number of hydrogen-bond acceptors (Lipinski definition) is 4. The molecule has 0 heterocycles. The molecule has 156 valence electrons. The summed E-state index contributed by atoms with van der Waals surface area (Å²) in [4.78, 5) is 27.0. The van der Waals surface area contributed by atoms with Crippen LogP contribution in [0.25, 0.3) is 0 Å². The van der Waals surface area contributed by atoms with Gasteiger partial charge in [0.25, 0.3) is 5.91 Å². The smallest absolute Gasteiger partial charge is 0.261 e. The Hall–Kier alpha value is -2.73. The molecule has 0 fully saturated rings. The zero-order valence-corrected chi connectivity index (χ0v) is 17.9. The molecule has 2 amide bonds. The lowest BCUT2D eigenvalue weighted by Crippen LogP contribution is -2.50. The van der Waals surface area contributed by atoms with Crippen LogP contribution in [0.1, 0.15) is 26.3 Å². The normalized spacial score (nSPS) is 11.7. The summed E-state index contributed by atoms with van der Waals surface area (Å²) in [5, 5.41) is 3.42. The number of para-hydroxylation sites is 2. The molecule has 29 heavy (non-hydrogen) atoms. The standard InChI is InChI=1S/C22H27ClN2O4/c1-15(2)24-22(27)16(3)25(13-17-8-7-9-18(23)12-17)21(26)14-29-20-11-6-5-10-19(20)28-4/h5-12,15-16H,13-14H2,1-4H3,(H,24,27). The number of ether oxygens (including phenoxy) is 2. The number of carbonyl (C=O) groups excluding carboxylic acids is 2. The average Bonchev–Trinajstić information content (AvgIpc) is 2.69. The molecular formula is C22H27ClN2O4. The van der Waals surface area contributed by atoms with Crippen LogP contribution in [0.4, 0.5) is 0 Å². The first-order valence-electron chi connectivity index (χ1n) is 9.42. The summed E-state index contributed by atoms with van der Waals surface area (Å²) in [7, 11) is 1.54. The Morgan fingerprint density at radius 2 is 1.76 bits per heavy atom. The quantitative estimate of drug-likeness (QED) is 0.674.